The van der Waals surface area contributed by atoms with Crippen LogP contribution >= 0.6 is 0 Å². The molecule has 1 unspecified atom stereocenters. The predicted molar refractivity (Wildman–Crippen MR) is 82.6 cm³/mol. The summed E-state index contributed by atoms with van der Waals surface area (Å²) in [5.41, 5.74) is 2.21. The van der Waals surface area contributed by atoms with E-state index in [4.69, 9.17) is 0 Å². The lowest BCUT2D eigenvalue weighted by atomic mass is 9.81. The smallest absolute Gasteiger partial charge is 0.228 e. The van der Waals surface area contributed by atoms with Gasteiger partial charge in [0.05, 0.1) is 11.5 Å². The van der Waals surface area contributed by atoms with Crippen LogP contribution in [-0.2, 0) is 4.79 Å². The van der Waals surface area contributed by atoms with E-state index in [1.165, 1.54) is 11.1 Å². The van der Waals surface area contributed by atoms with Gasteiger partial charge in [-0.1, -0.05) is 43.2 Å². The number of carbonyl (C=O) groups is 1. The van der Waals surface area contributed by atoms with Crippen molar-refractivity contribution in [2.24, 2.45) is 5.41 Å². The van der Waals surface area contributed by atoms with Crippen LogP contribution < -0.4 is 10.6 Å². The Labute approximate surface area is 122 Å². The Morgan fingerprint density at radius 2 is 2.30 bits per heavy atom. The summed E-state index contributed by atoms with van der Waals surface area (Å²) in [6.45, 7) is 8.06. The minimum Gasteiger partial charge on any atom is -0.349 e. The van der Waals surface area contributed by atoms with E-state index < -0.39 is 0 Å². The summed E-state index contributed by atoms with van der Waals surface area (Å²) in [6.07, 6.45) is 2.97. The second kappa shape index (κ2) is 6.40. The van der Waals surface area contributed by atoms with Crippen LogP contribution in [0.3, 0.4) is 0 Å². The van der Waals surface area contributed by atoms with Crippen molar-refractivity contribution >= 4 is 5.91 Å². The fourth-order valence-corrected chi connectivity index (χ4v) is 3.12. The molecule has 1 aliphatic rings. The van der Waals surface area contributed by atoms with Gasteiger partial charge in [-0.15, -0.1) is 0 Å². The minimum absolute atomic E-state index is 0.0664. The maximum absolute atomic E-state index is 12.7. The monoisotopic (exact) mass is 274 g/mol. The highest BCUT2D eigenvalue weighted by Crippen LogP contribution is 2.32. The predicted octanol–water partition coefficient (Wildman–Crippen LogP) is 2.95. The van der Waals surface area contributed by atoms with E-state index in [1.807, 2.05) is 6.07 Å². The highest BCUT2D eigenvalue weighted by molar-refractivity contribution is 5.83. The molecule has 3 heteroatoms. The molecular formula is C17H26N2O. The van der Waals surface area contributed by atoms with Crippen LogP contribution in [-0.4, -0.2) is 19.0 Å². The molecule has 1 saturated heterocycles. The van der Waals surface area contributed by atoms with Crippen molar-refractivity contribution in [2.45, 2.75) is 46.1 Å². The number of hydrogen-bond donors (Lipinski definition) is 2. The number of benzene rings is 1. The Morgan fingerprint density at radius 3 is 2.90 bits per heavy atom. The van der Waals surface area contributed by atoms with E-state index in [0.717, 1.165) is 32.4 Å². The SMILES string of the molecule is CCCC1(C(=O)N[C@@H](C)c2cccc(C)c2)CCNC1. The molecule has 1 heterocycles. The number of nitrogens with one attached hydrogen (secondary N) is 2. The Bertz CT molecular complexity index is 464. The third-order valence-electron chi connectivity index (χ3n) is 4.34. The van der Waals surface area contributed by atoms with Gasteiger partial charge in [-0.25, -0.2) is 0 Å². The lowest BCUT2D eigenvalue weighted by Gasteiger charge is -2.28. The first-order valence-corrected chi connectivity index (χ1v) is 7.66. The molecule has 0 radical (unpaired) electrons. The topological polar surface area (TPSA) is 41.1 Å². The number of carbonyl (C=O) groups excluding carboxylic acids is 1. The first-order chi connectivity index (χ1) is 9.57. The first kappa shape index (κ1) is 15.0. The number of aryl methyl sites for hydroxylation is 1. The molecule has 0 spiro atoms. The van der Waals surface area contributed by atoms with Crippen molar-refractivity contribution in [1.82, 2.24) is 10.6 Å². The average Bonchev–Trinajstić information content (AvgIpc) is 2.89. The summed E-state index contributed by atoms with van der Waals surface area (Å²) in [4.78, 5) is 12.7. The molecule has 1 aliphatic heterocycles. The number of rotatable bonds is 5. The summed E-state index contributed by atoms with van der Waals surface area (Å²) in [6, 6.07) is 8.42. The van der Waals surface area contributed by atoms with Crippen molar-refractivity contribution in [1.29, 1.82) is 0 Å². The third kappa shape index (κ3) is 3.21. The Hall–Kier alpha value is -1.35. The molecule has 0 aromatic heterocycles. The zero-order chi connectivity index (χ0) is 14.6. The fourth-order valence-electron chi connectivity index (χ4n) is 3.12. The van der Waals surface area contributed by atoms with Gasteiger partial charge in [0.2, 0.25) is 5.91 Å². The fraction of sp³-hybridized carbons (Fsp3) is 0.588. The molecule has 1 aromatic rings. The molecule has 20 heavy (non-hydrogen) atoms. The van der Waals surface area contributed by atoms with Crippen molar-refractivity contribution in [3.8, 4) is 0 Å². The zero-order valence-corrected chi connectivity index (χ0v) is 12.8. The van der Waals surface area contributed by atoms with Crippen molar-refractivity contribution in [3.05, 3.63) is 35.4 Å². The van der Waals surface area contributed by atoms with Gasteiger partial charge < -0.3 is 10.6 Å². The van der Waals surface area contributed by atoms with Crippen LogP contribution in [0.15, 0.2) is 24.3 Å². The number of amides is 1. The zero-order valence-electron chi connectivity index (χ0n) is 12.8. The van der Waals surface area contributed by atoms with E-state index in [1.54, 1.807) is 0 Å². The molecule has 0 aliphatic carbocycles. The van der Waals surface area contributed by atoms with Crippen molar-refractivity contribution in [2.75, 3.05) is 13.1 Å². The number of hydrogen-bond acceptors (Lipinski definition) is 2. The van der Waals surface area contributed by atoms with Crippen LogP contribution in [0.2, 0.25) is 0 Å². The molecule has 0 saturated carbocycles. The van der Waals surface area contributed by atoms with Gasteiger partial charge in [0.25, 0.3) is 0 Å². The first-order valence-electron chi connectivity index (χ1n) is 7.66. The van der Waals surface area contributed by atoms with Gasteiger partial charge in [-0.2, -0.15) is 0 Å². The summed E-state index contributed by atoms with van der Waals surface area (Å²) >= 11 is 0. The molecule has 3 nitrogen and oxygen atoms in total. The van der Waals surface area contributed by atoms with Gasteiger partial charge in [0.15, 0.2) is 0 Å². The third-order valence-corrected chi connectivity index (χ3v) is 4.34. The highest BCUT2D eigenvalue weighted by Gasteiger charge is 2.40. The lowest BCUT2D eigenvalue weighted by Crippen LogP contribution is -2.43. The van der Waals surface area contributed by atoms with Gasteiger partial charge in [0, 0.05) is 6.54 Å². The van der Waals surface area contributed by atoms with Gasteiger partial charge in [-0.05, 0) is 38.8 Å². The molecule has 110 valence electrons. The van der Waals surface area contributed by atoms with E-state index in [0.29, 0.717) is 0 Å². The quantitative estimate of drug-likeness (QED) is 0.866. The van der Waals surface area contributed by atoms with E-state index in [2.05, 4.69) is 49.6 Å². The van der Waals surface area contributed by atoms with Gasteiger partial charge in [0.1, 0.15) is 0 Å². The summed E-state index contributed by atoms with van der Waals surface area (Å²) < 4.78 is 0. The Kier molecular flexibility index (Phi) is 4.81. The van der Waals surface area contributed by atoms with Crippen LogP contribution in [0.4, 0.5) is 0 Å². The van der Waals surface area contributed by atoms with Crippen LogP contribution in [0.25, 0.3) is 0 Å². The average molecular weight is 274 g/mol. The summed E-state index contributed by atoms with van der Waals surface area (Å²) in [7, 11) is 0. The van der Waals surface area contributed by atoms with E-state index >= 15 is 0 Å². The second-order valence-electron chi connectivity index (χ2n) is 6.07. The van der Waals surface area contributed by atoms with Crippen LogP contribution in [0.5, 0.6) is 0 Å². The minimum atomic E-state index is -0.202. The largest absolute Gasteiger partial charge is 0.349 e. The van der Waals surface area contributed by atoms with Crippen molar-refractivity contribution in [3.63, 3.8) is 0 Å². The lowest BCUT2D eigenvalue weighted by molar-refractivity contribution is -0.131. The van der Waals surface area contributed by atoms with Crippen LogP contribution in [0, 0.1) is 12.3 Å². The Morgan fingerprint density at radius 1 is 1.50 bits per heavy atom. The normalized spacial score (nSPS) is 23.6. The molecule has 0 bridgehead atoms. The highest BCUT2D eigenvalue weighted by atomic mass is 16.2. The summed E-state index contributed by atoms with van der Waals surface area (Å²) in [5, 5.41) is 6.55. The molecule has 2 atom stereocenters. The Balaban J connectivity index is 2.06. The standard InChI is InChI=1S/C17H26N2O/c1-4-8-17(9-10-18-12-17)16(20)19-14(3)15-7-5-6-13(2)11-15/h5-7,11,14,18H,4,8-10,12H2,1-3H3,(H,19,20)/t14-,17?/m0/s1. The van der Waals surface area contributed by atoms with Gasteiger partial charge in [-0.3, -0.25) is 4.79 Å². The van der Waals surface area contributed by atoms with E-state index in [9.17, 15) is 4.79 Å². The molecular weight excluding hydrogens is 248 g/mol. The maximum atomic E-state index is 12.7. The molecule has 1 amide bonds. The molecule has 2 N–H and O–H groups in total. The van der Waals surface area contributed by atoms with Gasteiger partial charge >= 0.3 is 0 Å². The second-order valence-corrected chi connectivity index (χ2v) is 6.07. The van der Waals surface area contributed by atoms with Crippen LogP contribution in [0.1, 0.15) is 50.3 Å². The maximum Gasteiger partial charge on any atom is 0.228 e. The molecule has 2 rings (SSSR count). The molecule has 1 fully saturated rings. The van der Waals surface area contributed by atoms with Crippen molar-refractivity contribution < 1.29 is 4.79 Å². The van der Waals surface area contributed by atoms with E-state index in [-0.39, 0.29) is 17.4 Å². The summed E-state index contributed by atoms with van der Waals surface area (Å²) in [5.74, 6) is 0.207. The molecule has 1 aromatic carbocycles.